The van der Waals surface area contributed by atoms with E-state index in [2.05, 4.69) is 40.7 Å². The van der Waals surface area contributed by atoms with Gasteiger partial charge < -0.3 is 104 Å². The highest BCUT2D eigenvalue weighted by molar-refractivity contribution is 5.26. The summed E-state index contributed by atoms with van der Waals surface area (Å²) in [4.78, 5) is 0. The Morgan fingerprint density at radius 3 is 1.74 bits per heavy atom. The fraction of sp³-hybridized carbons (Fsp3) is 0.961. The molecule has 0 amide bonds. The van der Waals surface area contributed by atoms with Crippen LogP contribution in [0.1, 0.15) is 106 Å². The highest BCUT2D eigenvalue weighted by atomic mass is 16.8. The number of fused-ring (bicyclic) bond motifs is 5. The van der Waals surface area contributed by atoms with Crippen LogP contribution >= 0.6 is 0 Å². The van der Waals surface area contributed by atoms with Crippen LogP contribution in [0, 0.1) is 46.3 Å². The molecule has 0 spiro atoms. The number of ether oxygens (including phenoxy) is 8. The molecular weight excluding hydrogens is 949 g/mol. The maximum Gasteiger partial charge on any atom is 0.187 e. The molecule has 0 radical (unpaired) electrons. The van der Waals surface area contributed by atoms with Crippen molar-refractivity contribution in [1.82, 2.24) is 0 Å². The first kappa shape index (κ1) is 57.1. The zero-order valence-corrected chi connectivity index (χ0v) is 42.7. The van der Waals surface area contributed by atoms with Crippen LogP contribution in [0.15, 0.2) is 11.6 Å². The molecule has 8 aliphatic rings. The van der Waals surface area contributed by atoms with Crippen molar-refractivity contribution in [1.29, 1.82) is 0 Å². The zero-order chi connectivity index (χ0) is 52.5. The van der Waals surface area contributed by atoms with Crippen molar-refractivity contribution < 1.29 is 104 Å². The lowest BCUT2D eigenvalue weighted by atomic mass is 9.47. The number of aliphatic hydroxyl groups excluding tert-OH is 13. The number of rotatable bonds is 15. The van der Waals surface area contributed by atoms with Crippen molar-refractivity contribution in [2.24, 2.45) is 46.3 Å². The summed E-state index contributed by atoms with van der Waals surface area (Å²) in [5, 5.41) is 140. The minimum Gasteiger partial charge on any atom is -0.394 e. The Labute approximate surface area is 421 Å². The summed E-state index contributed by atoms with van der Waals surface area (Å²) >= 11 is 0. The summed E-state index contributed by atoms with van der Waals surface area (Å²) in [5.41, 5.74) is 0.687. The van der Waals surface area contributed by atoms with E-state index in [1.807, 2.05) is 0 Å². The van der Waals surface area contributed by atoms with Crippen molar-refractivity contribution in [2.45, 2.75) is 247 Å². The van der Waals surface area contributed by atoms with Crippen molar-refractivity contribution >= 4 is 0 Å². The Bertz CT molecular complexity index is 1810. The average molecular weight is 1040 g/mol. The maximum absolute atomic E-state index is 12.1. The second-order valence-corrected chi connectivity index (χ2v) is 23.6. The Kier molecular flexibility index (Phi) is 18.0. The third kappa shape index (κ3) is 10.6. The van der Waals surface area contributed by atoms with Gasteiger partial charge in [0.25, 0.3) is 0 Å². The highest BCUT2D eigenvalue weighted by Crippen LogP contribution is 2.68. The Morgan fingerprint density at radius 2 is 1.15 bits per heavy atom. The number of aliphatic hydroxyl groups is 13. The first-order valence-electron chi connectivity index (χ1n) is 26.6. The zero-order valence-electron chi connectivity index (χ0n) is 42.7. The first-order chi connectivity index (χ1) is 33.9. The molecule has 0 aromatic rings. The van der Waals surface area contributed by atoms with Crippen molar-refractivity contribution in [3.8, 4) is 0 Å². The lowest BCUT2D eigenvalue weighted by Crippen LogP contribution is -2.66. The number of allylic oxidation sites excluding steroid dienone is 1. The van der Waals surface area contributed by atoms with E-state index in [1.54, 1.807) is 0 Å². The quantitative estimate of drug-likeness (QED) is 0.0847. The van der Waals surface area contributed by atoms with E-state index in [9.17, 15) is 66.4 Å². The normalized spacial score (nSPS) is 52.8. The Balaban J connectivity index is 1.02. The number of hydrogen-bond donors (Lipinski definition) is 13. The van der Waals surface area contributed by atoms with Crippen molar-refractivity contribution in [2.75, 3.05) is 13.2 Å². The molecule has 3 saturated carbocycles. The van der Waals surface area contributed by atoms with E-state index in [0.717, 1.165) is 32.1 Å². The van der Waals surface area contributed by atoms with Gasteiger partial charge in [-0.25, -0.2) is 0 Å². The van der Waals surface area contributed by atoms with E-state index in [0.29, 0.717) is 31.6 Å². The van der Waals surface area contributed by atoms with Crippen molar-refractivity contribution in [3.63, 3.8) is 0 Å². The van der Waals surface area contributed by atoms with Gasteiger partial charge in [0.05, 0.1) is 43.7 Å². The first-order valence-corrected chi connectivity index (χ1v) is 26.6. The topological polar surface area (TPSA) is 337 Å². The van der Waals surface area contributed by atoms with Crippen LogP contribution in [-0.4, -0.2) is 221 Å². The van der Waals surface area contributed by atoms with Crippen LogP contribution < -0.4 is 0 Å². The van der Waals surface area contributed by atoms with Gasteiger partial charge in [0.1, 0.15) is 85.5 Å². The molecule has 7 fully saturated rings. The summed E-state index contributed by atoms with van der Waals surface area (Å²) < 4.78 is 49.2. The fourth-order valence-electron chi connectivity index (χ4n) is 14.4. The lowest BCUT2D eigenvalue weighted by Gasteiger charge is -2.58. The monoisotopic (exact) mass is 1030 g/mol. The summed E-state index contributed by atoms with van der Waals surface area (Å²) in [6.07, 6.45) is -22.4. The van der Waals surface area contributed by atoms with E-state index in [4.69, 9.17) is 37.9 Å². The molecule has 21 heteroatoms. The third-order valence-electron chi connectivity index (χ3n) is 18.8. The lowest BCUT2D eigenvalue weighted by molar-refractivity contribution is -0.388. The molecule has 0 aromatic carbocycles. The molecule has 72 heavy (non-hydrogen) atoms. The fourth-order valence-corrected chi connectivity index (χ4v) is 14.4. The molecule has 30 atom stereocenters. The molecule has 416 valence electrons. The van der Waals surface area contributed by atoms with Gasteiger partial charge >= 0.3 is 0 Å². The second kappa shape index (κ2) is 22.7. The van der Waals surface area contributed by atoms with Crippen LogP contribution in [0.25, 0.3) is 0 Å². The van der Waals surface area contributed by atoms with Gasteiger partial charge in [-0.05, 0) is 118 Å². The smallest absolute Gasteiger partial charge is 0.187 e. The molecule has 4 saturated heterocycles. The SMILES string of the molecule is CC(C)CC[C@H](O)[C@@H](C)[C@H]1[C@@H](O[C@@H]2O[C@H](CO)[C@@H](O)[C@H](O)[C@H]2O)C[C@H]2[C@@H]3CC=C4C[C@@H](O[C@@H]5O[C@H](CO)[C@@H](O[C@@H]6O[C@@H](C)[C@H](O)[C@@H](O)[C@H]6O)[C@H](O)[C@H]5O[C@@H]5O[C@@H](C)[C@H](O)[C@@H](O)[C@H]5O)CC[C@]4(C)[C@H]3CC[C@]12C. The molecule has 0 unspecified atom stereocenters. The van der Waals surface area contributed by atoms with E-state index < -0.39 is 154 Å². The minimum atomic E-state index is -1.77. The van der Waals surface area contributed by atoms with Crippen LogP contribution in [-0.2, 0) is 37.9 Å². The Hall–Kier alpha value is -1.10. The van der Waals surface area contributed by atoms with Crippen LogP contribution in [0.4, 0.5) is 0 Å². The van der Waals surface area contributed by atoms with Gasteiger partial charge in [0, 0.05) is 0 Å². The molecule has 4 aliphatic heterocycles. The second-order valence-electron chi connectivity index (χ2n) is 23.6. The summed E-state index contributed by atoms with van der Waals surface area (Å²) in [7, 11) is 0. The van der Waals surface area contributed by atoms with E-state index in [1.165, 1.54) is 19.4 Å². The van der Waals surface area contributed by atoms with Gasteiger partial charge in [-0.3, -0.25) is 0 Å². The van der Waals surface area contributed by atoms with Crippen LogP contribution in [0.5, 0.6) is 0 Å². The summed E-state index contributed by atoms with van der Waals surface area (Å²) in [5.74, 6) is 0.712. The van der Waals surface area contributed by atoms with Crippen LogP contribution in [0.3, 0.4) is 0 Å². The highest BCUT2D eigenvalue weighted by Gasteiger charge is 2.64. The third-order valence-corrected chi connectivity index (χ3v) is 18.8. The van der Waals surface area contributed by atoms with Gasteiger partial charge in [-0.1, -0.05) is 46.3 Å². The largest absolute Gasteiger partial charge is 0.394 e. The Morgan fingerprint density at radius 1 is 0.597 bits per heavy atom. The molecule has 0 aromatic heterocycles. The summed E-state index contributed by atoms with van der Waals surface area (Å²) in [6, 6.07) is 0. The predicted molar refractivity (Wildman–Crippen MR) is 250 cm³/mol. The standard InChI is InChI=1S/C51H86O21/c1-20(2)8-11-29(54)21(3)33-30(68-48-42(63)39(60)36(57)31(18-52)69-48)17-28-26-10-9-24-16-25(12-14-50(24,6)27(26)13-15-51(28,33)7)67-49-45(72-47-41(62)38(59)35(56)23(5)66-47)43(64)44(32(19-53)70-49)71-46-40(61)37(58)34(55)22(4)65-46/h9,20-23,25-49,52-64H,8,10-19H2,1-7H3/t21-,22+,23+,25+,26-,27+,28+,29+,30+,31-,32-,33+,34+,35+,36-,37-,38-,39+,40-,41-,42-,43+,44-,45-,46+,47+,48-,49-,50+,51+/m1/s1. The van der Waals surface area contributed by atoms with E-state index in [-0.39, 0.29) is 40.4 Å². The molecule has 8 rings (SSSR count). The van der Waals surface area contributed by atoms with Gasteiger partial charge in [-0.15, -0.1) is 0 Å². The molecule has 4 heterocycles. The van der Waals surface area contributed by atoms with E-state index >= 15 is 0 Å². The minimum absolute atomic E-state index is 0.144. The molecule has 13 N–H and O–H groups in total. The molecule has 21 nitrogen and oxygen atoms in total. The predicted octanol–water partition coefficient (Wildman–Crippen LogP) is -1.32. The average Bonchev–Trinajstić information content (AvgIpc) is 3.65. The molecular formula is C51H86O21. The van der Waals surface area contributed by atoms with Gasteiger partial charge in [0.15, 0.2) is 25.2 Å². The maximum atomic E-state index is 12.1. The number of hydrogen-bond acceptors (Lipinski definition) is 21. The van der Waals surface area contributed by atoms with Crippen molar-refractivity contribution in [3.05, 3.63) is 11.6 Å². The molecule has 0 bridgehead atoms. The van der Waals surface area contributed by atoms with Gasteiger partial charge in [0.2, 0.25) is 0 Å². The molecule has 4 aliphatic carbocycles. The summed E-state index contributed by atoms with van der Waals surface area (Å²) in [6.45, 7) is 12.6. The van der Waals surface area contributed by atoms with Crippen LogP contribution in [0.2, 0.25) is 0 Å². The van der Waals surface area contributed by atoms with Gasteiger partial charge in [-0.2, -0.15) is 0 Å².